The van der Waals surface area contributed by atoms with E-state index in [1.54, 1.807) is 0 Å². The molecule has 0 aliphatic carbocycles. The largest absolute Gasteiger partial charge is 0.466 e. The standard InChI is InChI=1S/C14H24O4/c1-9(2)7-11(13(15)17-5)12(8-10(3)4)14(16)18-6/h9-10H,7-8H2,1-6H3/b12-11-. The van der Waals surface area contributed by atoms with Crippen molar-refractivity contribution in [2.24, 2.45) is 11.8 Å². The van der Waals surface area contributed by atoms with Crippen LogP contribution in [0.15, 0.2) is 11.1 Å². The maximum absolute atomic E-state index is 11.8. The zero-order chi connectivity index (χ0) is 14.3. The molecule has 4 heteroatoms. The fourth-order valence-corrected chi connectivity index (χ4v) is 1.72. The molecule has 0 N–H and O–H groups in total. The molecule has 0 unspecified atom stereocenters. The van der Waals surface area contributed by atoms with Gasteiger partial charge >= 0.3 is 11.9 Å². The van der Waals surface area contributed by atoms with Gasteiger partial charge in [0.25, 0.3) is 0 Å². The summed E-state index contributed by atoms with van der Waals surface area (Å²) in [4.78, 5) is 23.6. The van der Waals surface area contributed by atoms with Crippen LogP contribution in [0.1, 0.15) is 40.5 Å². The van der Waals surface area contributed by atoms with Crippen molar-refractivity contribution in [3.05, 3.63) is 11.1 Å². The maximum atomic E-state index is 11.8. The number of esters is 2. The number of ether oxygens (including phenoxy) is 2. The minimum Gasteiger partial charge on any atom is -0.466 e. The van der Waals surface area contributed by atoms with Gasteiger partial charge in [-0.3, -0.25) is 0 Å². The number of carbonyl (C=O) groups excluding carboxylic acids is 2. The molecule has 0 aromatic heterocycles. The van der Waals surface area contributed by atoms with Crippen LogP contribution in [0.3, 0.4) is 0 Å². The van der Waals surface area contributed by atoms with Crippen molar-refractivity contribution in [2.75, 3.05) is 14.2 Å². The molecule has 0 amide bonds. The topological polar surface area (TPSA) is 52.6 Å². The maximum Gasteiger partial charge on any atom is 0.334 e. The van der Waals surface area contributed by atoms with Crippen molar-refractivity contribution in [3.8, 4) is 0 Å². The summed E-state index contributed by atoms with van der Waals surface area (Å²) in [5.74, 6) is -0.341. The molecule has 18 heavy (non-hydrogen) atoms. The smallest absolute Gasteiger partial charge is 0.334 e. The first kappa shape index (κ1) is 16.7. The summed E-state index contributed by atoms with van der Waals surface area (Å²) in [6, 6.07) is 0. The van der Waals surface area contributed by atoms with Crippen LogP contribution in [0, 0.1) is 11.8 Å². The van der Waals surface area contributed by atoms with E-state index in [1.807, 2.05) is 27.7 Å². The molecular weight excluding hydrogens is 232 g/mol. The van der Waals surface area contributed by atoms with Crippen LogP contribution in [0.25, 0.3) is 0 Å². The van der Waals surface area contributed by atoms with Gasteiger partial charge in [-0.1, -0.05) is 27.7 Å². The van der Waals surface area contributed by atoms with Crippen LogP contribution in [0.4, 0.5) is 0 Å². The molecule has 0 aliphatic heterocycles. The Bertz CT molecular complexity index is 295. The Morgan fingerprint density at radius 2 is 1.06 bits per heavy atom. The molecule has 0 spiro atoms. The molecule has 104 valence electrons. The minimum atomic E-state index is -0.440. The van der Waals surface area contributed by atoms with E-state index in [2.05, 4.69) is 0 Å². The Morgan fingerprint density at radius 1 is 0.778 bits per heavy atom. The van der Waals surface area contributed by atoms with E-state index in [-0.39, 0.29) is 11.8 Å². The molecule has 0 saturated heterocycles. The predicted octanol–water partition coefficient (Wildman–Crippen LogP) is 2.72. The molecular formula is C14H24O4. The second-order valence-corrected chi connectivity index (χ2v) is 5.14. The Morgan fingerprint density at radius 3 is 1.22 bits per heavy atom. The molecule has 0 aliphatic rings. The van der Waals surface area contributed by atoms with Gasteiger partial charge < -0.3 is 9.47 Å². The van der Waals surface area contributed by atoms with Gasteiger partial charge in [0.05, 0.1) is 14.2 Å². The molecule has 4 nitrogen and oxygen atoms in total. The molecule has 0 atom stereocenters. The van der Waals surface area contributed by atoms with Gasteiger partial charge in [-0.25, -0.2) is 9.59 Å². The number of rotatable bonds is 6. The lowest BCUT2D eigenvalue weighted by Crippen LogP contribution is -2.17. The van der Waals surface area contributed by atoms with Crippen molar-refractivity contribution < 1.29 is 19.1 Å². The normalized spacial score (nSPS) is 12.4. The number of hydrogen-bond donors (Lipinski definition) is 0. The second kappa shape index (κ2) is 7.90. The van der Waals surface area contributed by atoms with Crippen LogP contribution in [0.5, 0.6) is 0 Å². The monoisotopic (exact) mass is 256 g/mol. The highest BCUT2D eigenvalue weighted by Crippen LogP contribution is 2.23. The fourth-order valence-electron chi connectivity index (χ4n) is 1.72. The van der Waals surface area contributed by atoms with E-state index < -0.39 is 11.9 Å². The lowest BCUT2D eigenvalue weighted by Gasteiger charge is -2.15. The number of methoxy groups -OCH3 is 2. The summed E-state index contributed by atoms with van der Waals surface area (Å²) < 4.78 is 9.53. The predicted molar refractivity (Wildman–Crippen MR) is 70.0 cm³/mol. The summed E-state index contributed by atoms with van der Waals surface area (Å²) in [6.45, 7) is 7.97. The lowest BCUT2D eigenvalue weighted by atomic mass is 9.93. The Labute approximate surface area is 109 Å². The van der Waals surface area contributed by atoms with Crippen molar-refractivity contribution in [3.63, 3.8) is 0 Å². The molecule has 0 aromatic carbocycles. The second-order valence-electron chi connectivity index (χ2n) is 5.14. The summed E-state index contributed by atoms with van der Waals surface area (Å²) in [7, 11) is 2.65. The summed E-state index contributed by atoms with van der Waals surface area (Å²) in [6.07, 6.45) is 1.04. The van der Waals surface area contributed by atoms with Crippen molar-refractivity contribution >= 4 is 11.9 Å². The molecule has 0 bridgehead atoms. The third-order valence-corrected chi connectivity index (χ3v) is 2.45. The SMILES string of the molecule is COC(=O)/C(CC(C)C)=C(/CC(C)C)C(=O)OC. The molecule has 0 heterocycles. The third kappa shape index (κ3) is 5.34. The highest BCUT2D eigenvalue weighted by Gasteiger charge is 2.23. The summed E-state index contributed by atoms with van der Waals surface area (Å²) in [5, 5.41) is 0. The van der Waals surface area contributed by atoms with Gasteiger partial charge in [-0.05, 0) is 24.7 Å². The lowest BCUT2D eigenvalue weighted by molar-refractivity contribution is -0.139. The zero-order valence-electron chi connectivity index (χ0n) is 12.2. The van der Waals surface area contributed by atoms with E-state index in [4.69, 9.17) is 9.47 Å². The van der Waals surface area contributed by atoms with Gasteiger partial charge in [0.15, 0.2) is 0 Å². The quantitative estimate of drug-likeness (QED) is 0.541. The van der Waals surface area contributed by atoms with Crippen LogP contribution in [-0.2, 0) is 19.1 Å². The van der Waals surface area contributed by atoms with Gasteiger partial charge in [0.2, 0.25) is 0 Å². The molecule has 0 saturated carbocycles. The summed E-state index contributed by atoms with van der Waals surface area (Å²) >= 11 is 0. The van der Waals surface area contributed by atoms with E-state index in [1.165, 1.54) is 14.2 Å². The van der Waals surface area contributed by atoms with Crippen LogP contribution in [0.2, 0.25) is 0 Å². The summed E-state index contributed by atoms with van der Waals surface area (Å²) in [5.41, 5.74) is 0.876. The van der Waals surface area contributed by atoms with Crippen molar-refractivity contribution in [2.45, 2.75) is 40.5 Å². The first-order chi connectivity index (χ1) is 8.33. The fraction of sp³-hybridized carbons (Fsp3) is 0.714. The minimum absolute atomic E-state index is 0.269. The first-order valence-electron chi connectivity index (χ1n) is 6.22. The average Bonchev–Trinajstić information content (AvgIpc) is 2.30. The Balaban J connectivity index is 5.50. The van der Waals surface area contributed by atoms with E-state index in [0.29, 0.717) is 24.0 Å². The van der Waals surface area contributed by atoms with E-state index in [9.17, 15) is 9.59 Å². The van der Waals surface area contributed by atoms with Crippen LogP contribution >= 0.6 is 0 Å². The van der Waals surface area contributed by atoms with Gasteiger partial charge in [0, 0.05) is 11.1 Å². The Hall–Kier alpha value is -1.32. The molecule has 0 rings (SSSR count). The van der Waals surface area contributed by atoms with Gasteiger partial charge in [-0.2, -0.15) is 0 Å². The molecule has 0 aromatic rings. The highest BCUT2D eigenvalue weighted by molar-refractivity contribution is 6.00. The van der Waals surface area contributed by atoms with Crippen LogP contribution < -0.4 is 0 Å². The Kier molecular flexibility index (Phi) is 7.32. The van der Waals surface area contributed by atoms with Gasteiger partial charge in [0.1, 0.15) is 0 Å². The van der Waals surface area contributed by atoms with Crippen molar-refractivity contribution in [1.82, 2.24) is 0 Å². The number of hydrogen-bond acceptors (Lipinski definition) is 4. The van der Waals surface area contributed by atoms with Gasteiger partial charge in [-0.15, -0.1) is 0 Å². The average molecular weight is 256 g/mol. The molecule has 0 radical (unpaired) electrons. The number of carbonyl (C=O) groups is 2. The zero-order valence-corrected chi connectivity index (χ0v) is 12.2. The third-order valence-electron chi connectivity index (χ3n) is 2.45. The molecule has 0 fully saturated rings. The van der Waals surface area contributed by atoms with E-state index >= 15 is 0 Å². The first-order valence-corrected chi connectivity index (χ1v) is 6.22. The van der Waals surface area contributed by atoms with Crippen LogP contribution in [-0.4, -0.2) is 26.2 Å². The van der Waals surface area contributed by atoms with Crippen molar-refractivity contribution in [1.29, 1.82) is 0 Å². The van der Waals surface area contributed by atoms with E-state index in [0.717, 1.165) is 0 Å². The highest BCUT2D eigenvalue weighted by atomic mass is 16.5.